The number of carbonyl (C=O) groups excluding carboxylic acids is 2. The summed E-state index contributed by atoms with van der Waals surface area (Å²) in [4.78, 5) is 35.5. The van der Waals surface area contributed by atoms with Crippen molar-refractivity contribution in [3.8, 4) is 11.5 Å². The van der Waals surface area contributed by atoms with Gasteiger partial charge in [0.15, 0.2) is 0 Å². The lowest BCUT2D eigenvalue weighted by atomic mass is 9.90. The van der Waals surface area contributed by atoms with Crippen molar-refractivity contribution in [2.24, 2.45) is 11.7 Å². The largest absolute Gasteiger partial charge is 0.492 e. The highest BCUT2D eigenvalue weighted by molar-refractivity contribution is 7.51. The topological polar surface area (TPSA) is 176 Å². The number of carbonyl (C=O) groups is 2. The number of nitro groups is 1. The number of hydrogen-bond acceptors (Lipinski definition) is 9. The number of nitrogens with one attached hydrogen (secondary N) is 1. The Morgan fingerprint density at radius 2 is 1.86 bits per heavy atom. The summed E-state index contributed by atoms with van der Waals surface area (Å²) in [7, 11) is -2.35. The van der Waals surface area contributed by atoms with Crippen LogP contribution in [0.15, 0.2) is 59.0 Å². The van der Waals surface area contributed by atoms with E-state index in [1.54, 1.807) is 43.4 Å². The lowest BCUT2D eigenvalue weighted by molar-refractivity contribution is -0.402. The monoisotopic (exact) mass is 718 g/mol. The average molecular weight is 719 g/mol. The summed E-state index contributed by atoms with van der Waals surface area (Å²) >= 11 is 5.80. The first kappa shape index (κ1) is 37.9. The fraction of sp³-hybridized carbons (Fsp3) is 0.471. The molecule has 0 radical (unpaired) electrons. The van der Waals surface area contributed by atoms with Gasteiger partial charge in [-0.1, -0.05) is 37.5 Å². The zero-order valence-corrected chi connectivity index (χ0v) is 29.5. The highest BCUT2D eigenvalue weighted by Crippen LogP contribution is 2.52. The lowest BCUT2D eigenvalue weighted by Gasteiger charge is -2.27. The number of primary amides is 1. The molecule has 0 spiro atoms. The van der Waals surface area contributed by atoms with E-state index in [2.05, 4.69) is 5.32 Å². The van der Waals surface area contributed by atoms with E-state index < -0.39 is 30.5 Å². The maximum absolute atomic E-state index is 13.9. The summed E-state index contributed by atoms with van der Waals surface area (Å²) in [6.45, 7) is 2.40. The highest BCUT2D eigenvalue weighted by Gasteiger charge is 2.33. The van der Waals surface area contributed by atoms with E-state index >= 15 is 0 Å². The van der Waals surface area contributed by atoms with Crippen LogP contribution in [0, 0.1) is 16.0 Å². The molecule has 3 aromatic rings. The van der Waals surface area contributed by atoms with Crippen LogP contribution in [0.25, 0.3) is 0 Å². The van der Waals surface area contributed by atoms with Gasteiger partial charge in [-0.2, -0.15) is 0 Å². The van der Waals surface area contributed by atoms with E-state index in [4.69, 9.17) is 35.5 Å². The molecule has 4 rings (SSSR count). The van der Waals surface area contributed by atoms with Crippen LogP contribution in [0.1, 0.15) is 85.2 Å². The number of halogens is 1. The molecular weight excluding hydrogens is 675 g/mol. The molecule has 2 atom stereocenters. The van der Waals surface area contributed by atoms with Crippen LogP contribution in [0.4, 0.5) is 5.88 Å². The van der Waals surface area contributed by atoms with Gasteiger partial charge in [-0.3, -0.25) is 24.2 Å². The molecule has 1 fully saturated rings. The van der Waals surface area contributed by atoms with Crippen LogP contribution in [-0.4, -0.2) is 47.5 Å². The van der Waals surface area contributed by atoms with Gasteiger partial charge >= 0.3 is 13.6 Å². The van der Waals surface area contributed by atoms with E-state index in [1.165, 1.54) is 36.1 Å². The van der Waals surface area contributed by atoms with E-state index in [0.717, 1.165) is 12.8 Å². The van der Waals surface area contributed by atoms with Crippen molar-refractivity contribution in [2.45, 2.75) is 70.9 Å². The van der Waals surface area contributed by atoms with Gasteiger partial charge in [0.25, 0.3) is 5.91 Å². The van der Waals surface area contributed by atoms with Gasteiger partial charge < -0.3 is 24.7 Å². The molecule has 2 amide bonds. The minimum Gasteiger partial charge on any atom is -0.492 e. The van der Waals surface area contributed by atoms with E-state index in [-0.39, 0.29) is 36.0 Å². The van der Waals surface area contributed by atoms with Gasteiger partial charge in [0.05, 0.1) is 30.7 Å². The van der Waals surface area contributed by atoms with E-state index in [1.807, 2.05) is 13.0 Å². The summed E-state index contributed by atoms with van der Waals surface area (Å²) in [5.74, 6) is 0.414. The molecule has 0 bridgehead atoms. The van der Waals surface area contributed by atoms with Crippen LogP contribution >= 0.6 is 19.3 Å². The molecule has 2 aromatic carbocycles. The van der Waals surface area contributed by atoms with Crippen LogP contribution < -0.4 is 20.3 Å². The zero-order chi connectivity index (χ0) is 35.4. The Morgan fingerprint density at radius 1 is 1.12 bits per heavy atom. The minimum atomic E-state index is -3.94. The average Bonchev–Trinajstić information content (AvgIpc) is 3.57. The number of alkyl halides is 1. The third-order valence-corrected chi connectivity index (χ3v) is 10.5. The van der Waals surface area contributed by atoms with Gasteiger partial charge in [-0.25, -0.2) is 9.24 Å². The molecule has 1 aromatic heterocycles. The standard InChI is InChI=1S/C34H44ClN4O9P/c1-24(27-12-16-31(30(21-27)34(36)41)45-22-26-8-4-3-5-9-26)37-32(40)20-25-10-13-28(14-11-25)48-49(44,38(2)19-7-6-18-35)46-23-29-15-17-33(47-29)39(42)43/h10-17,21,24,26H,3-9,18-20,22-23H2,1-2H3,(H2,36,41)(H,37,40). The lowest BCUT2D eigenvalue weighted by Crippen LogP contribution is -2.28. The van der Waals surface area contributed by atoms with Crippen molar-refractivity contribution in [1.82, 2.24) is 9.99 Å². The fourth-order valence-corrected chi connectivity index (χ4v) is 7.14. The number of hydrogen-bond donors (Lipinski definition) is 2. The maximum atomic E-state index is 13.9. The quantitative estimate of drug-likeness (QED) is 0.0420. The predicted octanol–water partition coefficient (Wildman–Crippen LogP) is 7.32. The Morgan fingerprint density at radius 3 is 2.51 bits per heavy atom. The first-order chi connectivity index (χ1) is 23.5. The van der Waals surface area contributed by atoms with Crippen molar-refractivity contribution in [3.05, 3.63) is 87.2 Å². The molecule has 0 aliphatic heterocycles. The summed E-state index contributed by atoms with van der Waals surface area (Å²) in [5, 5.41) is 13.9. The van der Waals surface area contributed by atoms with E-state index in [0.29, 0.717) is 54.7 Å². The number of nitrogens with two attached hydrogens (primary N) is 1. The van der Waals surface area contributed by atoms with Crippen molar-refractivity contribution in [3.63, 3.8) is 0 Å². The zero-order valence-electron chi connectivity index (χ0n) is 27.8. The molecule has 266 valence electrons. The number of ether oxygens (including phenoxy) is 1. The Bertz CT molecular complexity index is 1610. The number of furan rings is 1. The van der Waals surface area contributed by atoms with Gasteiger partial charge in [0.2, 0.25) is 5.91 Å². The second-order valence-corrected chi connectivity index (χ2v) is 14.6. The van der Waals surface area contributed by atoms with Crippen molar-refractivity contribution in [1.29, 1.82) is 0 Å². The van der Waals surface area contributed by atoms with Gasteiger partial charge in [0.1, 0.15) is 28.8 Å². The number of unbranched alkanes of at least 4 members (excludes halogenated alkanes) is 1. The summed E-state index contributed by atoms with van der Waals surface area (Å²) < 4.78 is 38.0. The number of amides is 2. The van der Waals surface area contributed by atoms with Crippen LogP contribution in [0.3, 0.4) is 0 Å². The number of nitrogens with zero attached hydrogens (tertiary/aromatic N) is 2. The summed E-state index contributed by atoms with van der Waals surface area (Å²) in [6, 6.07) is 13.9. The second kappa shape index (κ2) is 18.2. The first-order valence-corrected chi connectivity index (χ1v) is 18.4. The molecule has 13 nitrogen and oxygen atoms in total. The molecule has 1 heterocycles. The summed E-state index contributed by atoms with van der Waals surface area (Å²) in [6.07, 6.45) is 7.26. The van der Waals surface area contributed by atoms with Crippen molar-refractivity contribution in [2.75, 3.05) is 26.1 Å². The Labute approximate surface area is 291 Å². The Hall–Kier alpha value is -3.90. The Kier molecular flexibility index (Phi) is 14.1. The second-order valence-electron chi connectivity index (χ2n) is 12.2. The van der Waals surface area contributed by atoms with E-state index in [9.17, 15) is 24.3 Å². The SMILES string of the molecule is CC(NC(=O)Cc1ccc(OP(=O)(OCc2ccc([N+](=O)[O-])o2)N(C)CCCCCl)cc1)c1ccc(OCC2CCCCC2)c(C(N)=O)c1. The molecule has 1 aliphatic rings. The van der Waals surface area contributed by atoms with Gasteiger partial charge in [-0.15, -0.1) is 11.6 Å². The molecule has 2 unspecified atom stereocenters. The number of benzene rings is 2. The molecule has 3 N–H and O–H groups in total. The van der Waals surface area contributed by atoms with Gasteiger partial charge in [0, 0.05) is 12.4 Å². The van der Waals surface area contributed by atoms with Crippen LogP contribution in [0.2, 0.25) is 0 Å². The first-order valence-electron chi connectivity index (χ1n) is 16.4. The molecule has 49 heavy (non-hydrogen) atoms. The highest BCUT2D eigenvalue weighted by atomic mass is 35.5. The normalized spacial score (nSPS) is 15.3. The van der Waals surface area contributed by atoms with Crippen LogP contribution in [0.5, 0.6) is 11.5 Å². The Balaban J connectivity index is 1.35. The predicted molar refractivity (Wildman–Crippen MR) is 185 cm³/mol. The fourth-order valence-electron chi connectivity index (χ4n) is 5.50. The smallest absolute Gasteiger partial charge is 0.461 e. The van der Waals surface area contributed by atoms with Gasteiger partial charge in [-0.05, 0) is 87.0 Å². The minimum absolute atomic E-state index is 0.0552. The molecule has 1 saturated carbocycles. The van der Waals surface area contributed by atoms with Crippen molar-refractivity contribution < 1.29 is 37.3 Å². The maximum Gasteiger partial charge on any atom is 0.461 e. The number of rotatable bonds is 19. The van der Waals surface area contributed by atoms with Crippen LogP contribution in [-0.2, 0) is 26.9 Å². The molecular formula is C34H44ClN4O9P. The molecule has 15 heteroatoms. The molecule has 0 saturated heterocycles. The van der Waals surface area contributed by atoms with Crippen molar-refractivity contribution >= 4 is 37.0 Å². The summed E-state index contributed by atoms with van der Waals surface area (Å²) in [5.41, 5.74) is 7.34. The third kappa shape index (κ3) is 11.3. The third-order valence-electron chi connectivity index (χ3n) is 8.34. The molecule has 1 aliphatic carbocycles.